The van der Waals surface area contributed by atoms with Crippen LogP contribution in [0.1, 0.15) is 29.4 Å². The topological polar surface area (TPSA) is 96.7 Å². The predicted octanol–water partition coefficient (Wildman–Crippen LogP) is 0.394. The Morgan fingerprint density at radius 3 is 2.48 bits per heavy atom. The number of aromatic nitrogens is 1. The highest BCUT2D eigenvalue weighted by atomic mass is 32.2. The molecular weight excluding hydrogens is 296 g/mol. The number of carboxylic acids is 1. The number of nitrogens with zero attached hydrogens (tertiary/aromatic N) is 2. The fourth-order valence-corrected chi connectivity index (χ4v) is 3.23. The number of rotatable bonds is 4. The smallest absolute Gasteiger partial charge is 0.352 e. The lowest BCUT2D eigenvalue weighted by Crippen LogP contribution is -2.41. The molecule has 0 atom stereocenters. The molecule has 1 aliphatic rings. The lowest BCUT2D eigenvalue weighted by molar-refractivity contribution is -0.129. The van der Waals surface area contributed by atoms with E-state index in [9.17, 15) is 18.0 Å². The van der Waals surface area contributed by atoms with E-state index in [1.165, 1.54) is 4.90 Å². The Bertz CT molecular complexity index is 641. The van der Waals surface area contributed by atoms with E-state index >= 15 is 0 Å². The van der Waals surface area contributed by atoms with Gasteiger partial charge in [0.25, 0.3) is 0 Å². The number of sulfone groups is 1. The molecule has 8 heteroatoms. The van der Waals surface area contributed by atoms with Crippen LogP contribution in [0.15, 0.2) is 18.3 Å². The number of piperidine rings is 1. The third-order valence-electron chi connectivity index (χ3n) is 3.59. The maximum absolute atomic E-state index is 11.8. The van der Waals surface area contributed by atoms with Crippen molar-refractivity contribution in [1.29, 1.82) is 0 Å². The molecule has 0 radical (unpaired) electrons. The van der Waals surface area contributed by atoms with Crippen LogP contribution in [-0.4, -0.2) is 60.0 Å². The molecule has 0 unspecified atom stereocenters. The third kappa shape index (κ3) is 3.84. The van der Waals surface area contributed by atoms with Crippen LogP contribution in [-0.2, 0) is 14.6 Å². The summed E-state index contributed by atoms with van der Waals surface area (Å²) in [5.41, 5.74) is 0.232. The summed E-state index contributed by atoms with van der Waals surface area (Å²) < 4.78 is 24.0. The molecule has 0 bridgehead atoms. The summed E-state index contributed by atoms with van der Waals surface area (Å²) in [7, 11) is -3.32. The minimum absolute atomic E-state index is 0.0217. The fraction of sp³-hybridized carbons (Fsp3) is 0.538. The maximum Gasteiger partial charge on any atom is 0.352 e. The van der Waals surface area contributed by atoms with E-state index in [4.69, 9.17) is 5.11 Å². The Kier molecular flexibility index (Phi) is 4.36. The lowest BCUT2D eigenvalue weighted by atomic mass is 10.0. The zero-order valence-electron chi connectivity index (χ0n) is 11.7. The van der Waals surface area contributed by atoms with E-state index in [1.807, 2.05) is 0 Å². The molecule has 0 saturated carbocycles. The van der Waals surface area contributed by atoms with Crippen molar-refractivity contribution in [2.24, 2.45) is 0 Å². The van der Waals surface area contributed by atoms with Crippen LogP contribution in [0.3, 0.4) is 0 Å². The average Bonchev–Trinajstić information content (AvgIpc) is 2.86. The summed E-state index contributed by atoms with van der Waals surface area (Å²) in [5.74, 6) is -1.83. The highest BCUT2D eigenvalue weighted by Gasteiger charge is 2.27. The number of hydrogen-bond donors (Lipinski definition) is 1. The molecular formula is C13H18N2O5S. The van der Waals surface area contributed by atoms with Crippen molar-refractivity contribution in [3.8, 4) is 0 Å². The minimum Gasteiger partial charge on any atom is -0.477 e. The molecule has 7 nitrogen and oxygen atoms in total. The molecule has 21 heavy (non-hydrogen) atoms. The lowest BCUT2D eigenvalue weighted by Gasteiger charge is -2.33. The normalized spacial score (nSPS) is 16.9. The quantitative estimate of drug-likeness (QED) is 0.867. The van der Waals surface area contributed by atoms with Gasteiger partial charge in [-0.1, -0.05) is 0 Å². The molecule has 1 fully saturated rings. The van der Waals surface area contributed by atoms with Gasteiger partial charge < -0.3 is 14.6 Å². The fourth-order valence-electron chi connectivity index (χ4n) is 2.60. The van der Waals surface area contributed by atoms with Gasteiger partial charge in [-0.25, -0.2) is 13.2 Å². The molecule has 2 rings (SSSR count). The van der Waals surface area contributed by atoms with Gasteiger partial charge in [-0.15, -0.1) is 0 Å². The van der Waals surface area contributed by atoms with Crippen molar-refractivity contribution >= 4 is 21.7 Å². The molecule has 1 amide bonds. The van der Waals surface area contributed by atoms with E-state index in [-0.39, 0.29) is 17.6 Å². The second-order valence-corrected chi connectivity index (χ2v) is 7.43. The molecule has 116 valence electrons. The van der Waals surface area contributed by atoms with Gasteiger partial charge in [-0.2, -0.15) is 0 Å². The van der Waals surface area contributed by atoms with E-state index in [0.717, 1.165) is 6.26 Å². The number of amides is 1. The SMILES string of the molecule is CS(=O)(=O)CC(=O)N1CCC(n2cccc2C(=O)O)CC1. The van der Waals surface area contributed by atoms with Crippen LogP contribution < -0.4 is 0 Å². The van der Waals surface area contributed by atoms with Gasteiger partial charge in [0.2, 0.25) is 5.91 Å². The van der Waals surface area contributed by atoms with Crippen molar-refractivity contribution < 1.29 is 23.1 Å². The largest absolute Gasteiger partial charge is 0.477 e. The summed E-state index contributed by atoms with van der Waals surface area (Å²) in [6.45, 7) is 0.881. The Morgan fingerprint density at radius 2 is 1.95 bits per heavy atom. The van der Waals surface area contributed by atoms with Gasteiger partial charge in [0.15, 0.2) is 9.84 Å². The van der Waals surface area contributed by atoms with Gasteiger partial charge >= 0.3 is 5.97 Å². The molecule has 1 aromatic rings. The van der Waals surface area contributed by atoms with Gasteiger partial charge in [0.05, 0.1) is 0 Å². The second kappa shape index (κ2) is 5.88. The molecule has 1 aromatic heterocycles. The first-order valence-corrected chi connectivity index (χ1v) is 8.69. The van der Waals surface area contributed by atoms with Crippen LogP contribution in [0.25, 0.3) is 0 Å². The summed E-state index contributed by atoms with van der Waals surface area (Å²) in [6.07, 6.45) is 3.99. The monoisotopic (exact) mass is 314 g/mol. The van der Waals surface area contributed by atoms with Gasteiger partial charge in [0, 0.05) is 31.6 Å². The summed E-state index contributed by atoms with van der Waals surface area (Å²) in [4.78, 5) is 24.5. The Balaban J connectivity index is 1.99. The van der Waals surface area contributed by atoms with Gasteiger partial charge in [-0.3, -0.25) is 4.79 Å². The summed E-state index contributed by atoms with van der Waals surface area (Å²) in [6, 6.07) is 3.25. The molecule has 2 heterocycles. The van der Waals surface area contributed by atoms with E-state index < -0.39 is 21.6 Å². The zero-order chi connectivity index (χ0) is 15.6. The van der Waals surface area contributed by atoms with Crippen LogP contribution in [0.5, 0.6) is 0 Å². The van der Waals surface area contributed by atoms with Crippen molar-refractivity contribution in [3.63, 3.8) is 0 Å². The summed E-state index contributed by atoms with van der Waals surface area (Å²) in [5, 5.41) is 9.10. The number of aromatic carboxylic acids is 1. The first kappa shape index (κ1) is 15.6. The van der Waals surface area contributed by atoms with Gasteiger partial charge in [0.1, 0.15) is 11.4 Å². The van der Waals surface area contributed by atoms with Crippen LogP contribution in [0.2, 0.25) is 0 Å². The Labute approximate surface area is 123 Å². The third-order valence-corrected chi connectivity index (χ3v) is 4.37. The summed E-state index contributed by atoms with van der Waals surface area (Å²) >= 11 is 0. The molecule has 0 spiro atoms. The number of carboxylic acid groups (broad SMARTS) is 1. The predicted molar refractivity (Wildman–Crippen MR) is 76.0 cm³/mol. The van der Waals surface area contributed by atoms with E-state index in [1.54, 1.807) is 22.9 Å². The molecule has 0 aliphatic carbocycles. The molecule has 0 aromatic carbocycles. The van der Waals surface area contributed by atoms with Crippen molar-refractivity contribution in [3.05, 3.63) is 24.0 Å². The van der Waals surface area contributed by atoms with Crippen molar-refractivity contribution in [2.45, 2.75) is 18.9 Å². The highest BCUT2D eigenvalue weighted by molar-refractivity contribution is 7.91. The van der Waals surface area contributed by atoms with Crippen molar-refractivity contribution in [1.82, 2.24) is 9.47 Å². The van der Waals surface area contributed by atoms with E-state index in [0.29, 0.717) is 25.9 Å². The molecule has 1 saturated heterocycles. The van der Waals surface area contributed by atoms with Crippen molar-refractivity contribution in [2.75, 3.05) is 25.1 Å². The van der Waals surface area contributed by atoms with E-state index in [2.05, 4.69) is 0 Å². The van der Waals surface area contributed by atoms with Crippen LogP contribution >= 0.6 is 0 Å². The van der Waals surface area contributed by atoms with Crippen LogP contribution in [0, 0.1) is 0 Å². The minimum atomic E-state index is -3.32. The highest BCUT2D eigenvalue weighted by Crippen LogP contribution is 2.24. The number of carbonyl (C=O) groups is 2. The number of likely N-dealkylation sites (tertiary alicyclic amines) is 1. The van der Waals surface area contributed by atoms with Crippen LogP contribution in [0.4, 0.5) is 0 Å². The Hall–Kier alpha value is -1.83. The number of carbonyl (C=O) groups excluding carboxylic acids is 1. The maximum atomic E-state index is 11.8. The second-order valence-electron chi connectivity index (χ2n) is 5.29. The Morgan fingerprint density at radius 1 is 1.33 bits per heavy atom. The first-order valence-electron chi connectivity index (χ1n) is 6.63. The average molecular weight is 314 g/mol. The standard InChI is InChI=1S/C13H18N2O5S/c1-21(19,20)9-12(16)14-7-4-10(5-8-14)15-6-2-3-11(15)13(17)18/h2-3,6,10H,4-5,7-9H2,1H3,(H,17,18). The molecule has 1 aliphatic heterocycles. The molecule has 1 N–H and O–H groups in total. The first-order chi connectivity index (χ1) is 9.78. The number of hydrogen-bond acceptors (Lipinski definition) is 4. The zero-order valence-corrected chi connectivity index (χ0v) is 12.5. The van der Waals surface area contributed by atoms with Gasteiger partial charge in [-0.05, 0) is 25.0 Å².